The van der Waals surface area contributed by atoms with Crippen molar-refractivity contribution in [1.82, 2.24) is 9.55 Å². The van der Waals surface area contributed by atoms with Crippen LogP contribution in [0, 0.1) is 0 Å². The van der Waals surface area contributed by atoms with Crippen LogP contribution in [-0.2, 0) is 11.3 Å². The number of nitrogens with zero attached hydrogens (tertiary/aromatic N) is 2. The quantitative estimate of drug-likeness (QED) is 0.628. The molecule has 0 fully saturated rings. The van der Waals surface area contributed by atoms with E-state index < -0.39 is 5.97 Å². The molecule has 1 heterocycles. The van der Waals surface area contributed by atoms with Gasteiger partial charge in [0.05, 0.1) is 29.9 Å². The van der Waals surface area contributed by atoms with Gasteiger partial charge in [0.15, 0.2) is 0 Å². The summed E-state index contributed by atoms with van der Waals surface area (Å²) in [4.78, 5) is 14.4. The minimum atomic E-state index is -1.11. The predicted octanol–water partition coefficient (Wildman–Crippen LogP) is -0.595. The van der Waals surface area contributed by atoms with Crippen LogP contribution in [0.15, 0.2) is 30.6 Å². The molecule has 2 rings (SSSR count). The average molecular weight is 214 g/mol. The van der Waals surface area contributed by atoms with E-state index >= 15 is 0 Å². The molecule has 0 aliphatic heterocycles. The van der Waals surface area contributed by atoms with Crippen molar-refractivity contribution in [2.45, 2.75) is 6.54 Å². The number of para-hydroxylation sites is 2. The van der Waals surface area contributed by atoms with Crippen LogP contribution in [0.4, 0.5) is 0 Å². The molecule has 0 atom stereocenters. The topological polar surface area (TPSA) is 57.9 Å². The summed E-state index contributed by atoms with van der Waals surface area (Å²) in [5.74, 6) is -1.11. The summed E-state index contributed by atoms with van der Waals surface area (Å²) in [5.41, 5.74) is 1.61. The second-order valence-electron chi connectivity index (χ2n) is 2.73. The van der Waals surface area contributed by atoms with Crippen molar-refractivity contribution in [3.63, 3.8) is 0 Å². The summed E-state index contributed by atoms with van der Waals surface area (Å²) >= 11 is 0. The second-order valence-corrected chi connectivity index (χ2v) is 2.73. The van der Waals surface area contributed by atoms with Crippen LogP contribution in [0.2, 0.25) is 0 Å². The number of carbonyl (C=O) groups excluding carboxylic acids is 1. The van der Waals surface area contributed by atoms with E-state index in [-0.39, 0.29) is 57.9 Å². The summed E-state index contributed by atoms with van der Waals surface area (Å²) in [6.07, 6.45) is 1.50. The number of aliphatic carboxylic acids is 1. The van der Waals surface area contributed by atoms with Crippen LogP contribution in [0.1, 0.15) is 0 Å². The maximum atomic E-state index is 10.4. The van der Waals surface area contributed by atoms with E-state index in [2.05, 4.69) is 4.98 Å². The zero-order valence-corrected chi connectivity index (χ0v) is 10.9. The largest absolute Gasteiger partial charge is 0.548 e. The molecule has 2 aromatic rings. The standard InChI is InChI=1S/C9H8N2O2.K/c12-9(13)5-11-6-10-7-3-1-2-4-8(7)11;/h1-4,6H,5H2,(H,12,13);/p-1. The number of fused-ring (bicyclic) bond motifs is 1. The first-order valence-electron chi connectivity index (χ1n) is 3.87. The number of rotatable bonds is 2. The van der Waals surface area contributed by atoms with E-state index in [4.69, 9.17) is 0 Å². The van der Waals surface area contributed by atoms with Gasteiger partial charge in [-0.3, -0.25) is 0 Å². The summed E-state index contributed by atoms with van der Waals surface area (Å²) < 4.78 is 1.55. The molecule has 67 valence electrons. The Balaban J connectivity index is 0.000000980. The molecule has 0 bridgehead atoms. The molecule has 0 aliphatic carbocycles. The number of aromatic nitrogens is 2. The minimum absolute atomic E-state index is 0. The zero-order valence-electron chi connectivity index (χ0n) is 7.80. The van der Waals surface area contributed by atoms with Crippen molar-refractivity contribution in [1.29, 1.82) is 0 Å². The van der Waals surface area contributed by atoms with Gasteiger partial charge < -0.3 is 14.5 Å². The van der Waals surface area contributed by atoms with Crippen molar-refractivity contribution in [2.24, 2.45) is 0 Å². The minimum Gasteiger partial charge on any atom is -0.548 e. The van der Waals surface area contributed by atoms with Crippen molar-refractivity contribution < 1.29 is 9.90 Å². The summed E-state index contributed by atoms with van der Waals surface area (Å²) in [7, 11) is 0. The van der Waals surface area contributed by atoms with Crippen molar-refractivity contribution in [3.8, 4) is 0 Å². The summed E-state index contributed by atoms with van der Waals surface area (Å²) in [6, 6.07) is 7.36. The third-order valence-corrected chi connectivity index (χ3v) is 1.83. The van der Waals surface area contributed by atoms with Gasteiger partial charge in [0, 0.05) is 51.4 Å². The van der Waals surface area contributed by atoms with E-state index in [0.29, 0.717) is 0 Å². The van der Waals surface area contributed by atoms with E-state index in [1.807, 2.05) is 24.3 Å². The molecule has 1 radical (unpaired) electrons. The number of hydrogen-bond donors (Lipinski definition) is 0. The molecule has 0 aliphatic rings. The van der Waals surface area contributed by atoms with Crippen LogP contribution in [-0.4, -0.2) is 66.9 Å². The van der Waals surface area contributed by atoms with E-state index in [1.54, 1.807) is 4.57 Å². The average Bonchev–Trinajstić information content (AvgIpc) is 2.48. The van der Waals surface area contributed by atoms with Crippen LogP contribution in [0.3, 0.4) is 0 Å². The smallest absolute Gasteiger partial charge is 0.0961 e. The Bertz CT molecular complexity index is 453. The van der Waals surface area contributed by atoms with Crippen molar-refractivity contribution in [3.05, 3.63) is 30.6 Å². The number of hydrogen-bond acceptors (Lipinski definition) is 3. The number of imidazole rings is 1. The Morgan fingerprint density at radius 1 is 1.43 bits per heavy atom. The molecular weight excluding hydrogens is 207 g/mol. The van der Waals surface area contributed by atoms with Gasteiger partial charge in [-0.15, -0.1) is 0 Å². The first-order chi connectivity index (χ1) is 6.27. The zero-order chi connectivity index (χ0) is 9.26. The van der Waals surface area contributed by atoms with Crippen LogP contribution in [0.25, 0.3) is 11.0 Å². The maximum Gasteiger partial charge on any atom is 0.0961 e. The monoisotopic (exact) mass is 214 g/mol. The third-order valence-electron chi connectivity index (χ3n) is 1.83. The first kappa shape index (κ1) is 11.9. The van der Waals surface area contributed by atoms with Gasteiger partial charge in [-0.2, -0.15) is 0 Å². The third kappa shape index (κ3) is 2.43. The Kier molecular flexibility index (Phi) is 4.27. The molecule has 0 saturated carbocycles. The predicted molar refractivity (Wildman–Crippen MR) is 50.5 cm³/mol. The van der Waals surface area contributed by atoms with Crippen molar-refractivity contribution in [2.75, 3.05) is 0 Å². The van der Waals surface area contributed by atoms with Crippen LogP contribution in [0.5, 0.6) is 0 Å². The first-order valence-corrected chi connectivity index (χ1v) is 3.87. The number of carbonyl (C=O) groups is 1. The van der Waals surface area contributed by atoms with Gasteiger partial charge in [0.2, 0.25) is 0 Å². The molecule has 0 N–H and O–H groups in total. The molecule has 0 amide bonds. The van der Waals surface area contributed by atoms with Gasteiger partial charge in [-0.1, -0.05) is 12.1 Å². The maximum absolute atomic E-state index is 10.4. The van der Waals surface area contributed by atoms with E-state index in [9.17, 15) is 9.90 Å². The number of carboxylic acids is 1. The van der Waals surface area contributed by atoms with Crippen LogP contribution >= 0.6 is 0 Å². The van der Waals surface area contributed by atoms with E-state index in [1.165, 1.54) is 6.33 Å². The van der Waals surface area contributed by atoms with Crippen LogP contribution < -0.4 is 5.11 Å². The van der Waals surface area contributed by atoms with Gasteiger partial charge in [0.1, 0.15) is 0 Å². The number of benzene rings is 1. The second kappa shape index (κ2) is 5.04. The molecular formula is C9H7KN2O2-. The molecule has 0 spiro atoms. The van der Waals surface area contributed by atoms with Crippen molar-refractivity contribution >= 4 is 68.4 Å². The SMILES string of the molecule is O=C([O-])Cn1cnc2ccccc21.[K]. The molecule has 5 heteroatoms. The van der Waals surface area contributed by atoms with Gasteiger partial charge in [0.25, 0.3) is 0 Å². The number of carboxylic acid groups (broad SMARTS) is 1. The fourth-order valence-corrected chi connectivity index (χ4v) is 1.28. The molecule has 4 nitrogen and oxygen atoms in total. The Morgan fingerprint density at radius 2 is 2.14 bits per heavy atom. The normalized spacial score (nSPS) is 9.71. The molecule has 0 unspecified atom stereocenters. The molecule has 1 aromatic heterocycles. The van der Waals surface area contributed by atoms with Gasteiger partial charge in [-0.25, -0.2) is 4.98 Å². The van der Waals surface area contributed by atoms with E-state index in [0.717, 1.165) is 11.0 Å². The van der Waals surface area contributed by atoms with Gasteiger partial charge in [-0.05, 0) is 12.1 Å². The Hall–Kier alpha value is -0.204. The Morgan fingerprint density at radius 3 is 2.86 bits per heavy atom. The molecule has 1 aromatic carbocycles. The van der Waals surface area contributed by atoms with Gasteiger partial charge >= 0.3 is 0 Å². The fourth-order valence-electron chi connectivity index (χ4n) is 1.28. The summed E-state index contributed by atoms with van der Waals surface area (Å²) in [5, 5.41) is 10.4. The fraction of sp³-hybridized carbons (Fsp3) is 0.111. The summed E-state index contributed by atoms with van der Waals surface area (Å²) in [6.45, 7) is -0.152. The molecule has 14 heavy (non-hydrogen) atoms. The Labute approximate surface area is 123 Å². The molecule has 0 saturated heterocycles.